The number of hydrogen-bond acceptors (Lipinski definition) is 1. The van der Waals surface area contributed by atoms with Gasteiger partial charge < -0.3 is 0 Å². The first-order valence-corrected chi connectivity index (χ1v) is 4.82. The summed E-state index contributed by atoms with van der Waals surface area (Å²) in [6.45, 7) is 2.07. The van der Waals surface area contributed by atoms with Crippen molar-refractivity contribution in [1.29, 1.82) is 0 Å². The van der Waals surface area contributed by atoms with Crippen molar-refractivity contribution in [1.82, 2.24) is 0 Å². The first-order valence-electron chi connectivity index (χ1n) is 4.82. The maximum absolute atomic E-state index is 11.7. The van der Waals surface area contributed by atoms with Crippen LogP contribution in [0.2, 0.25) is 0 Å². The number of Topliss-reactive ketones (excluding diaryl/α,β-unsaturated/α-hetero) is 1. The third-order valence-electron chi connectivity index (χ3n) is 3.11. The predicted octanol–water partition coefficient (Wildman–Crippen LogP) is 2.70. The highest BCUT2D eigenvalue weighted by atomic mass is 16.1. The van der Waals surface area contributed by atoms with Crippen LogP contribution in [-0.4, -0.2) is 5.78 Å². The Bertz CT molecular complexity index is 315. The number of rotatable bonds is 1. The fraction of sp³-hybridized carbons (Fsp3) is 0.417. The van der Waals surface area contributed by atoms with Gasteiger partial charge in [0, 0.05) is 6.42 Å². The van der Waals surface area contributed by atoms with E-state index in [2.05, 4.69) is 19.1 Å². The summed E-state index contributed by atoms with van der Waals surface area (Å²) < 4.78 is 0. The van der Waals surface area contributed by atoms with Crippen molar-refractivity contribution in [2.75, 3.05) is 0 Å². The standard InChI is InChI=1S/C12H14O/c1-12(9-5-8-11(12)13)10-6-3-2-4-7-10/h2-4,6-7H,5,8-9H2,1H3/t12-/m1/s1. The summed E-state index contributed by atoms with van der Waals surface area (Å²) in [5, 5.41) is 0. The number of ketones is 1. The summed E-state index contributed by atoms with van der Waals surface area (Å²) in [5.41, 5.74) is 0.985. The van der Waals surface area contributed by atoms with Crippen LogP contribution in [0.1, 0.15) is 31.7 Å². The van der Waals surface area contributed by atoms with E-state index < -0.39 is 0 Å². The van der Waals surface area contributed by atoms with Crippen LogP contribution in [0.15, 0.2) is 30.3 Å². The van der Waals surface area contributed by atoms with Crippen molar-refractivity contribution in [2.45, 2.75) is 31.6 Å². The van der Waals surface area contributed by atoms with Gasteiger partial charge in [0.05, 0.1) is 5.41 Å². The van der Waals surface area contributed by atoms with E-state index in [1.807, 2.05) is 18.2 Å². The Morgan fingerprint density at radius 1 is 1.23 bits per heavy atom. The highest BCUT2D eigenvalue weighted by molar-refractivity contribution is 5.91. The summed E-state index contributed by atoms with van der Waals surface area (Å²) in [7, 11) is 0. The SMILES string of the molecule is C[C@]1(c2ccccc2)CCCC1=O. The van der Waals surface area contributed by atoms with Gasteiger partial charge in [-0.1, -0.05) is 30.3 Å². The van der Waals surface area contributed by atoms with Gasteiger partial charge in [0.2, 0.25) is 0 Å². The predicted molar refractivity (Wildman–Crippen MR) is 52.7 cm³/mol. The van der Waals surface area contributed by atoms with Gasteiger partial charge in [-0.3, -0.25) is 4.79 Å². The molecular weight excluding hydrogens is 160 g/mol. The molecule has 1 aliphatic carbocycles. The van der Waals surface area contributed by atoms with Crippen LogP contribution in [-0.2, 0) is 10.2 Å². The molecule has 0 heterocycles. The minimum Gasteiger partial charge on any atom is -0.299 e. The normalized spacial score (nSPS) is 27.9. The molecule has 2 rings (SSSR count). The molecule has 1 aromatic rings. The van der Waals surface area contributed by atoms with E-state index in [9.17, 15) is 4.79 Å². The second-order valence-corrected chi connectivity index (χ2v) is 3.97. The third-order valence-corrected chi connectivity index (χ3v) is 3.11. The molecule has 1 aromatic carbocycles. The molecule has 1 nitrogen and oxygen atoms in total. The van der Waals surface area contributed by atoms with Gasteiger partial charge in [0.1, 0.15) is 5.78 Å². The van der Waals surface area contributed by atoms with Crippen LogP contribution in [0.5, 0.6) is 0 Å². The first kappa shape index (κ1) is 8.49. The molecule has 1 atom stereocenters. The van der Waals surface area contributed by atoms with Gasteiger partial charge in [-0.25, -0.2) is 0 Å². The quantitative estimate of drug-likeness (QED) is 0.639. The molecule has 1 fully saturated rings. The van der Waals surface area contributed by atoms with Crippen LogP contribution < -0.4 is 0 Å². The molecule has 0 unspecified atom stereocenters. The second kappa shape index (κ2) is 2.99. The highest BCUT2D eigenvalue weighted by Gasteiger charge is 2.38. The molecule has 13 heavy (non-hydrogen) atoms. The van der Waals surface area contributed by atoms with Crippen molar-refractivity contribution in [3.05, 3.63) is 35.9 Å². The zero-order valence-corrected chi connectivity index (χ0v) is 7.92. The van der Waals surface area contributed by atoms with Crippen LogP contribution in [0.4, 0.5) is 0 Å². The van der Waals surface area contributed by atoms with Crippen LogP contribution in [0.25, 0.3) is 0 Å². The van der Waals surface area contributed by atoms with Gasteiger partial charge in [-0.2, -0.15) is 0 Å². The van der Waals surface area contributed by atoms with Gasteiger partial charge in [0.25, 0.3) is 0 Å². The minimum absolute atomic E-state index is 0.193. The third kappa shape index (κ3) is 1.28. The monoisotopic (exact) mass is 174 g/mol. The molecule has 0 N–H and O–H groups in total. The molecule has 1 heteroatoms. The van der Waals surface area contributed by atoms with Gasteiger partial charge >= 0.3 is 0 Å². The summed E-state index contributed by atoms with van der Waals surface area (Å²) in [5.74, 6) is 0.402. The lowest BCUT2D eigenvalue weighted by Crippen LogP contribution is -2.26. The van der Waals surface area contributed by atoms with Crippen molar-refractivity contribution >= 4 is 5.78 Å². The lowest BCUT2D eigenvalue weighted by molar-refractivity contribution is -0.121. The Hall–Kier alpha value is -1.11. The van der Waals surface area contributed by atoms with Crippen LogP contribution >= 0.6 is 0 Å². The molecule has 0 radical (unpaired) electrons. The topological polar surface area (TPSA) is 17.1 Å². The number of benzene rings is 1. The highest BCUT2D eigenvalue weighted by Crippen LogP contribution is 2.37. The molecule has 0 spiro atoms. The Morgan fingerprint density at radius 2 is 1.92 bits per heavy atom. The largest absolute Gasteiger partial charge is 0.299 e. The summed E-state index contributed by atoms with van der Waals surface area (Å²) in [4.78, 5) is 11.7. The maximum Gasteiger partial charge on any atom is 0.143 e. The Morgan fingerprint density at radius 3 is 2.46 bits per heavy atom. The Balaban J connectivity index is 2.40. The van der Waals surface area contributed by atoms with Gasteiger partial charge in [0.15, 0.2) is 0 Å². The lowest BCUT2D eigenvalue weighted by Gasteiger charge is -2.21. The zero-order chi connectivity index (χ0) is 9.31. The zero-order valence-electron chi connectivity index (χ0n) is 7.92. The van der Waals surface area contributed by atoms with E-state index in [4.69, 9.17) is 0 Å². The fourth-order valence-electron chi connectivity index (χ4n) is 2.13. The van der Waals surface area contributed by atoms with E-state index in [1.165, 1.54) is 5.56 Å². The number of carbonyl (C=O) groups is 1. The molecule has 0 aromatic heterocycles. The maximum atomic E-state index is 11.7. The van der Waals surface area contributed by atoms with Crippen molar-refractivity contribution in [3.63, 3.8) is 0 Å². The number of hydrogen-bond donors (Lipinski definition) is 0. The number of carbonyl (C=O) groups excluding carboxylic acids is 1. The van der Waals surface area contributed by atoms with Crippen LogP contribution in [0.3, 0.4) is 0 Å². The molecule has 1 aliphatic rings. The van der Waals surface area contributed by atoms with E-state index in [-0.39, 0.29) is 5.41 Å². The van der Waals surface area contributed by atoms with Crippen molar-refractivity contribution in [3.8, 4) is 0 Å². The van der Waals surface area contributed by atoms with E-state index in [0.717, 1.165) is 19.3 Å². The minimum atomic E-state index is -0.193. The first-order chi connectivity index (χ1) is 6.23. The second-order valence-electron chi connectivity index (χ2n) is 3.97. The molecule has 0 amide bonds. The van der Waals surface area contributed by atoms with Crippen molar-refractivity contribution < 1.29 is 4.79 Å². The molecule has 1 saturated carbocycles. The van der Waals surface area contributed by atoms with E-state index in [1.54, 1.807) is 0 Å². The molecule has 0 saturated heterocycles. The molecule has 68 valence electrons. The Labute approximate surface area is 78.8 Å². The summed E-state index contributed by atoms with van der Waals surface area (Å²) in [6.07, 6.45) is 2.81. The molecular formula is C12H14O. The molecule has 0 aliphatic heterocycles. The Kier molecular flexibility index (Phi) is 1.95. The van der Waals surface area contributed by atoms with Gasteiger partial charge in [-0.05, 0) is 25.3 Å². The molecule has 0 bridgehead atoms. The van der Waals surface area contributed by atoms with Gasteiger partial charge in [-0.15, -0.1) is 0 Å². The summed E-state index contributed by atoms with van der Waals surface area (Å²) in [6, 6.07) is 10.1. The smallest absolute Gasteiger partial charge is 0.143 e. The fourth-order valence-corrected chi connectivity index (χ4v) is 2.13. The average Bonchev–Trinajstić information content (AvgIpc) is 2.50. The van der Waals surface area contributed by atoms with E-state index in [0.29, 0.717) is 5.78 Å². The van der Waals surface area contributed by atoms with E-state index >= 15 is 0 Å². The van der Waals surface area contributed by atoms with Crippen molar-refractivity contribution in [2.24, 2.45) is 0 Å². The average molecular weight is 174 g/mol. The lowest BCUT2D eigenvalue weighted by atomic mass is 9.80. The summed E-state index contributed by atoms with van der Waals surface area (Å²) >= 11 is 0. The van der Waals surface area contributed by atoms with Crippen LogP contribution in [0, 0.1) is 0 Å².